The summed E-state index contributed by atoms with van der Waals surface area (Å²) in [6.07, 6.45) is 13.2. The molecule has 4 saturated carbocycles. The lowest BCUT2D eigenvalue weighted by Crippen LogP contribution is -2.59. The molecule has 0 radical (unpaired) electrons. The number of carbonyl (C=O) groups excluding carboxylic acids is 4. The molecule has 8 aliphatic rings. The maximum Gasteiger partial charge on any atom is 0.410 e. The van der Waals surface area contributed by atoms with Crippen LogP contribution in [-0.2, 0) is 24.7 Å². The quantitative estimate of drug-likeness (QED) is 0.130. The van der Waals surface area contributed by atoms with E-state index in [2.05, 4.69) is 44.5 Å². The standard InChI is InChI=1S/C51H60F2N14O6/c1-50(2,66-17-15-64(16-18-66)43-34(52)19-33(20-35(43)53)59-36-5-6-37(68)60-48(36)70)32-9-13-63(14-10-32)38(69)26-72-49(71)65-11-7-29(8-12-65)31-24-55-46(56-25-31)39-42(62-73-44(39)30-3-4-30)41-40-45(54)57-27-58-47(40)67(61-41)51-21-28(22-51)23-51/h19-20,24-25,27-30,32,36,59H,3-18,21-23,26H2,1-2H3,(H2,54,57,58)(H,60,68,70). The topological polar surface area (TPSA) is 236 Å². The van der Waals surface area contributed by atoms with Gasteiger partial charge in [-0.2, -0.15) is 5.10 Å². The van der Waals surface area contributed by atoms with Crippen LogP contribution in [0.3, 0.4) is 0 Å². The molecular weight excluding hydrogens is 943 g/mol. The van der Waals surface area contributed by atoms with E-state index in [1.807, 2.05) is 17.1 Å². The van der Waals surface area contributed by atoms with Crippen molar-refractivity contribution in [1.82, 2.24) is 54.9 Å². The molecule has 4 saturated heterocycles. The number of rotatable bonds is 12. The number of piperidine rings is 3. The smallest absolute Gasteiger partial charge is 0.410 e. The monoisotopic (exact) mass is 1000 g/mol. The van der Waals surface area contributed by atoms with Crippen LogP contribution in [0.1, 0.15) is 108 Å². The Morgan fingerprint density at radius 3 is 2.19 bits per heavy atom. The zero-order valence-electron chi connectivity index (χ0n) is 41.1. The van der Waals surface area contributed by atoms with Crippen molar-refractivity contribution in [2.24, 2.45) is 11.8 Å². The third-order valence-corrected chi connectivity index (χ3v) is 17.1. The molecule has 4 N–H and O–H groups in total. The van der Waals surface area contributed by atoms with Crippen LogP contribution >= 0.6 is 0 Å². The second kappa shape index (κ2) is 18.3. The number of halogens is 2. The molecule has 1 unspecified atom stereocenters. The Bertz CT molecular complexity index is 2950. The Labute approximate surface area is 419 Å². The molecule has 73 heavy (non-hydrogen) atoms. The first-order valence-corrected chi connectivity index (χ1v) is 25.8. The van der Waals surface area contributed by atoms with Gasteiger partial charge in [0.05, 0.1) is 16.5 Å². The number of aromatic nitrogens is 7. The van der Waals surface area contributed by atoms with Gasteiger partial charge in [-0.1, -0.05) is 5.16 Å². The van der Waals surface area contributed by atoms with Gasteiger partial charge in [0.1, 0.15) is 35.3 Å². The molecule has 22 heteroatoms. The summed E-state index contributed by atoms with van der Waals surface area (Å²) >= 11 is 0. The van der Waals surface area contributed by atoms with Crippen LogP contribution < -0.4 is 21.3 Å². The van der Waals surface area contributed by atoms with Crippen molar-refractivity contribution in [2.45, 2.75) is 113 Å². The van der Waals surface area contributed by atoms with E-state index < -0.39 is 29.7 Å². The van der Waals surface area contributed by atoms with E-state index in [9.17, 15) is 19.2 Å². The number of amides is 4. The van der Waals surface area contributed by atoms with Crippen LogP contribution in [0, 0.1) is 23.5 Å². The zero-order chi connectivity index (χ0) is 50.3. The fraction of sp³-hybridized carbons (Fsp3) is 0.569. The lowest BCUT2D eigenvalue weighted by Gasteiger charge is -2.61. The van der Waals surface area contributed by atoms with Gasteiger partial charge in [0.15, 0.2) is 35.5 Å². The molecule has 1 atom stereocenters. The lowest BCUT2D eigenvalue weighted by molar-refractivity contribution is -0.137. The predicted molar refractivity (Wildman–Crippen MR) is 262 cm³/mol. The average Bonchev–Trinajstić information content (AvgIpc) is 4.00. The first-order valence-electron chi connectivity index (χ1n) is 25.8. The van der Waals surface area contributed by atoms with Crippen molar-refractivity contribution >= 4 is 52.0 Å². The van der Waals surface area contributed by atoms with Gasteiger partial charge < -0.3 is 35.0 Å². The molecule has 8 heterocycles. The normalized spacial score (nSPS) is 24.1. The van der Waals surface area contributed by atoms with Crippen molar-refractivity contribution in [1.29, 1.82) is 0 Å². The van der Waals surface area contributed by atoms with E-state index >= 15 is 8.78 Å². The molecule has 13 rings (SSSR count). The van der Waals surface area contributed by atoms with Crippen LogP contribution in [0.15, 0.2) is 35.4 Å². The number of fused-ring (bicyclic) bond motifs is 1. The Hall–Kier alpha value is -6.84. The summed E-state index contributed by atoms with van der Waals surface area (Å²) in [6, 6.07) is 1.64. The van der Waals surface area contributed by atoms with Gasteiger partial charge in [-0.05, 0) is 114 Å². The van der Waals surface area contributed by atoms with Crippen molar-refractivity contribution < 1.29 is 37.2 Å². The highest BCUT2D eigenvalue weighted by molar-refractivity contribution is 6.02. The predicted octanol–water partition coefficient (Wildman–Crippen LogP) is 5.56. The van der Waals surface area contributed by atoms with Gasteiger partial charge in [0, 0.05) is 88.3 Å². The molecule has 4 amide bonds. The molecule has 5 aromatic rings. The van der Waals surface area contributed by atoms with Crippen molar-refractivity contribution in [3.05, 3.63) is 53.8 Å². The Balaban J connectivity index is 0.606. The maximum absolute atomic E-state index is 15.4. The summed E-state index contributed by atoms with van der Waals surface area (Å²) in [5, 5.41) is 15.4. The molecule has 20 nitrogen and oxygen atoms in total. The number of imide groups is 1. The molecule has 4 aliphatic heterocycles. The largest absolute Gasteiger partial charge is 0.439 e. The second-order valence-corrected chi connectivity index (χ2v) is 21.8. The van der Waals surface area contributed by atoms with Crippen LogP contribution in [0.25, 0.3) is 33.8 Å². The van der Waals surface area contributed by atoms with Gasteiger partial charge in [0.25, 0.3) is 5.91 Å². The van der Waals surface area contributed by atoms with Gasteiger partial charge in [0.2, 0.25) is 11.8 Å². The number of nitrogens with two attached hydrogens (primary N) is 1. The van der Waals surface area contributed by atoms with Gasteiger partial charge in [-0.3, -0.25) is 24.6 Å². The fourth-order valence-electron chi connectivity index (χ4n) is 12.4. The second-order valence-electron chi connectivity index (χ2n) is 21.8. The highest BCUT2D eigenvalue weighted by Crippen LogP contribution is 2.63. The number of likely N-dealkylation sites (tertiary alicyclic amines) is 2. The summed E-state index contributed by atoms with van der Waals surface area (Å²) in [5.41, 5.74) is 9.77. The summed E-state index contributed by atoms with van der Waals surface area (Å²) < 4.78 is 44.5. The number of piperazine rings is 1. The minimum absolute atomic E-state index is 0.0369. The SMILES string of the molecule is CC(C)(C1CCN(C(=O)COC(=O)N2CCC(c3cnc(-c4c(-c5nn(C67CC(C6)C7)c6ncnc(N)c56)noc4C4CC4)nc3)CC2)CC1)N1CCN(c2c(F)cc(NC3CCC(=O)NC3=O)cc2F)CC1. The third kappa shape index (κ3) is 8.57. The molecule has 2 bridgehead atoms. The van der Waals surface area contributed by atoms with Gasteiger partial charge in [-0.25, -0.2) is 38.2 Å². The lowest BCUT2D eigenvalue weighted by atomic mass is 9.50. The van der Waals surface area contributed by atoms with E-state index in [1.165, 1.54) is 18.5 Å². The molecular formula is C51H60F2N14O6. The van der Waals surface area contributed by atoms with Crippen molar-refractivity contribution in [3.63, 3.8) is 0 Å². The third-order valence-electron chi connectivity index (χ3n) is 17.1. The van der Waals surface area contributed by atoms with Crippen LogP contribution in [0.5, 0.6) is 0 Å². The number of nitrogens with zero attached hydrogens (tertiary/aromatic N) is 11. The number of hydrogen-bond acceptors (Lipinski definition) is 16. The first kappa shape index (κ1) is 47.2. The van der Waals surface area contributed by atoms with E-state index in [4.69, 9.17) is 30.1 Å². The molecule has 4 aliphatic carbocycles. The first-order chi connectivity index (χ1) is 35.2. The fourth-order valence-corrected chi connectivity index (χ4v) is 12.4. The van der Waals surface area contributed by atoms with E-state index in [-0.39, 0.29) is 71.5 Å². The number of anilines is 3. The molecule has 8 fully saturated rings. The van der Waals surface area contributed by atoms with E-state index in [0.717, 1.165) is 67.8 Å². The van der Waals surface area contributed by atoms with Crippen LogP contribution in [0.4, 0.5) is 30.8 Å². The summed E-state index contributed by atoms with van der Waals surface area (Å²) in [4.78, 5) is 76.4. The van der Waals surface area contributed by atoms with Crippen molar-refractivity contribution in [3.8, 4) is 22.8 Å². The highest BCUT2D eigenvalue weighted by Gasteiger charge is 2.59. The average molecular weight is 1000 g/mol. The van der Waals surface area contributed by atoms with Crippen LogP contribution in [-0.4, -0.2) is 144 Å². The molecule has 1 aromatic carbocycles. The number of nitrogen functional groups attached to an aromatic ring is 1. The zero-order valence-corrected chi connectivity index (χ0v) is 41.1. The Morgan fingerprint density at radius 2 is 1.55 bits per heavy atom. The molecule has 384 valence electrons. The van der Waals surface area contributed by atoms with E-state index in [0.29, 0.717) is 99.3 Å². The highest BCUT2D eigenvalue weighted by atomic mass is 19.1. The summed E-state index contributed by atoms with van der Waals surface area (Å²) in [5.74, 6) is 0.418. The summed E-state index contributed by atoms with van der Waals surface area (Å²) in [7, 11) is 0. The minimum Gasteiger partial charge on any atom is -0.439 e. The molecule has 0 spiro atoms. The van der Waals surface area contributed by atoms with Crippen molar-refractivity contribution in [2.75, 3.05) is 74.9 Å². The number of benzene rings is 1. The van der Waals surface area contributed by atoms with Gasteiger partial charge in [-0.15, -0.1) is 0 Å². The summed E-state index contributed by atoms with van der Waals surface area (Å²) in [6.45, 7) is 8.12. The van der Waals surface area contributed by atoms with Gasteiger partial charge >= 0.3 is 6.09 Å². The molecule has 4 aromatic heterocycles. The van der Waals surface area contributed by atoms with Crippen LogP contribution in [0.2, 0.25) is 0 Å². The Morgan fingerprint density at radius 1 is 0.863 bits per heavy atom. The minimum atomic E-state index is -0.751. The Kier molecular flexibility index (Phi) is 11.8. The maximum atomic E-state index is 15.4. The number of ether oxygens (including phenoxy) is 1. The van der Waals surface area contributed by atoms with E-state index in [1.54, 1.807) is 14.7 Å². The number of hydrogen-bond donors (Lipinski definition) is 3. The number of nitrogens with one attached hydrogen (secondary N) is 2. The number of carbonyl (C=O) groups is 4.